The number of carbonyl (C=O) groups excluding carboxylic acids is 1. The Hall–Kier alpha value is -1.81. The molecule has 0 spiro atoms. The average Bonchev–Trinajstić information content (AvgIpc) is 3.09. The number of esters is 1. The zero-order valence-corrected chi connectivity index (χ0v) is 14.1. The van der Waals surface area contributed by atoms with Gasteiger partial charge in [0.2, 0.25) is 0 Å². The van der Waals surface area contributed by atoms with E-state index in [-0.39, 0.29) is 23.0 Å². The molecule has 120 valence electrons. The van der Waals surface area contributed by atoms with Gasteiger partial charge in [-0.3, -0.25) is 10.1 Å². The van der Waals surface area contributed by atoms with Crippen molar-refractivity contribution < 1.29 is 9.53 Å². The Morgan fingerprint density at radius 1 is 1.36 bits per heavy atom. The van der Waals surface area contributed by atoms with E-state index in [1.165, 1.54) is 12.7 Å². The maximum atomic E-state index is 12.2. The van der Waals surface area contributed by atoms with Gasteiger partial charge in [0, 0.05) is 16.6 Å². The molecule has 1 aromatic rings. The van der Waals surface area contributed by atoms with Crippen LogP contribution in [-0.2, 0) is 16.0 Å². The quantitative estimate of drug-likeness (QED) is 0.482. The van der Waals surface area contributed by atoms with Crippen molar-refractivity contribution in [1.82, 2.24) is 5.32 Å². The summed E-state index contributed by atoms with van der Waals surface area (Å²) in [7, 11) is 1.43. The zero-order valence-electron chi connectivity index (χ0n) is 14.1. The smallest absolute Gasteiger partial charge is 0.323 e. The molecule has 4 heteroatoms. The number of carbonyl (C=O) groups is 1. The lowest BCUT2D eigenvalue weighted by Crippen LogP contribution is -2.55. The van der Waals surface area contributed by atoms with E-state index in [2.05, 4.69) is 39.1 Å². The Morgan fingerprint density at radius 2 is 1.91 bits per heavy atom. The first kappa shape index (κ1) is 16.6. The number of methoxy groups -OCH3 is 1. The highest BCUT2D eigenvalue weighted by atomic mass is 16.5. The highest BCUT2D eigenvalue weighted by Gasteiger charge is 2.50. The molecule has 0 heterocycles. The Labute approximate surface area is 132 Å². The van der Waals surface area contributed by atoms with Crippen LogP contribution >= 0.6 is 0 Å². The molecule has 0 aromatic heterocycles. The van der Waals surface area contributed by atoms with Gasteiger partial charge in [-0.15, -0.1) is 0 Å². The van der Waals surface area contributed by atoms with Crippen LogP contribution < -0.4 is 11.1 Å². The number of nitrogens with two attached hydrogens (primary N) is 1. The van der Waals surface area contributed by atoms with Crippen LogP contribution in [0.1, 0.15) is 33.3 Å². The number of ether oxygens (including phenoxy) is 1. The Balaban J connectivity index is 2.13. The highest BCUT2D eigenvalue weighted by molar-refractivity contribution is 5.76. The van der Waals surface area contributed by atoms with Gasteiger partial charge in [0.05, 0.1) is 7.11 Å². The number of hydrogen-bond acceptors (Lipinski definition) is 4. The van der Waals surface area contributed by atoms with Gasteiger partial charge in [-0.1, -0.05) is 30.7 Å². The summed E-state index contributed by atoms with van der Waals surface area (Å²) < 4.78 is 4.97. The first-order chi connectivity index (χ1) is 10.2. The molecule has 0 aliphatic heterocycles. The van der Waals surface area contributed by atoms with E-state index in [0.717, 1.165) is 11.3 Å². The second-order valence-corrected chi connectivity index (χ2v) is 6.82. The Kier molecular flexibility index (Phi) is 4.34. The van der Waals surface area contributed by atoms with Gasteiger partial charge in [-0.05, 0) is 44.9 Å². The molecule has 2 atom stereocenters. The molecule has 0 saturated carbocycles. The fraction of sp³-hybridized carbons (Fsp3) is 0.500. The Bertz CT molecular complexity index is 590. The molecule has 3 N–H and O–H groups in total. The van der Waals surface area contributed by atoms with Crippen molar-refractivity contribution in [2.24, 2.45) is 5.41 Å². The summed E-state index contributed by atoms with van der Waals surface area (Å²) >= 11 is 0. The summed E-state index contributed by atoms with van der Waals surface area (Å²) in [5.41, 5.74) is 8.63. The largest absolute Gasteiger partial charge is 0.468 e. The third-order valence-corrected chi connectivity index (χ3v) is 4.98. The summed E-state index contributed by atoms with van der Waals surface area (Å²) in [5, 5.41) is 3.48. The zero-order chi connectivity index (χ0) is 16.5. The SMILES string of the molecule is COC(=O)C(Cc1ccc(N)cc1)NC(C)(C)C1(C)C=C1C. The third-order valence-electron chi connectivity index (χ3n) is 4.98. The summed E-state index contributed by atoms with van der Waals surface area (Å²) in [6.07, 6.45) is 2.81. The van der Waals surface area contributed by atoms with Crippen molar-refractivity contribution in [1.29, 1.82) is 0 Å². The second kappa shape index (κ2) is 5.76. The lowest BCUT2D eigenvalue weighted by Gasteiger charge is -2.38. The molecule has 0 fully saturated rings. The van der Waals surface area contributed by atoms with Crippen molar-refractivity contribution in [2.75, 3.05) is 12.8 Å². The average molecular weight is 302 g/mol. The predicted molar refractivity (Wildman–Crippen MR) is 89.4 cm³/mol. The monoisotopic (exact) mass is 302 g/mol. The minimum atomic E-state index is -0.387. The number of nitrogens with one attached hydrogen (secondary N) is 1. The van der Waals surface area contributed by atoms with Crippen molar-refractivity contribution >= 4 is 11.7 Å². The van der Waals surface area contributed by atoms with Crippen LogP contribution in [0.5, 0.6) is 0 Å². The molecule has 2 rings (SSSR count). The molecule has 0 saturated heterocycles. The van der Waals surface area contributed by atoms with E-state index < -0.39 is 0 Å². The van der Waals surface area contributed by atoms with E-state index >= 15 is 0 Å². The summed E-state index contributed by atoms with van der Waals surface area (Å²) in [6, 6.07) is 7.21. The number of rotatable bonds is 6. The van der Waals surface area contributed by atoms with Gasteiger partial charge in [-0.25, -0.2) is 0 Å². The van der Waals surface area contributed by atoms with E-state index in [0.29, 0.717) is 6.42 Å². The van der Waals surface area contributed by atoms with Crippen LogP contribution in [-0.4, -0.2) is 24.7 Å². The van der Waals surface area contributed by atoms with E-state index in [9.17, 15) is 4.79 Å². The number of hydrogen-bond donors (Lipinski definition) is 2. The van der Waals surface area contributed by atoms with Crippen molar-refractivity contribution in [3.8, 4) is 0 Å². The number of nitrogen functional groups attached to an aromatic ring is 1. The molecule has 0 radical (unpaired) electrons. The van der Waals surface area contributed by atoms with Gasteiger partial charge in [0.25, 0.3) is 0 Å². The summed E-state index contributed by atoms with van der Waals surface area (Å²) in [6.45, 7) is 8.56. The minimum Gasteiger partial charge on any atom is -0.468 e. The lowest BCUT2D eigenvalue weighted by molar-refractivity contribution is -0.143. The molecular weight excluding hydrogens is 276 g/mol. The maximum Gasteiger partial charge on any atom is 0.323 e. The maximum absolute atomic E-state index is 12.2. The number of anilines is 1. The van der Waals surface area contributed by atoms with Crippen molar-refractivity contribution in [2.45, 2.75) is 45.7 Å². The predicted octanol–water partition coefficient (Wildman–Crippen LogP) is 2.69. The van der Waals surface area contributed by atoms with E-state index in [4.69, 9.17) is 10.5 Å². The van der Waals surface area contributed by atoms with Gasteiger partial charge in [0.1, 0.15) is 6.04 Å². The third kappa shape index (κ3) is 3.17. The van der Waals surface area contributed by atoms with Crippen molar-refractivity contribution in [3.05, 3.63) is 41.5 Å². The molecule has 1 aromatic carbocycles. The fourth-order valence-electron chi connectivity index (χ4n) is 2.88. The van der Waals surface area contributed by atoms with Gasteiger partial charge in [-0.2, -0.15) is 0 Å². The summed E-state index contributed by atoms with van der Waals surface area (Å²) in [5.74, 6) is -0.244. The van der Waals surface area contributed by atoms with Crippen LogP contribution in [0.15, 0.2) is 35.9 Å². The topological polar surface area (TPSA) is 64.3 Å². The van der Waals surface area contributed by atoms with Crippen molar-refractivity contribution in [3.63, 3.8) is 0 Å². The minimum absolute atomic E-state index is 0.0143. The van der Waals surface area contributed by atoms with Crippen LogP contribution in [0, 0.1) is 5.41 Å². The molecule has 1 aliphatic rings. The normalized spacial score (nSPS) is 22.0. The first-order valence-electron chi connectivity index (χ1n) is 7.59. The van der Waals surface area contributed by atoms with Gasteiger partial charge < -0.3 is 10.5 Å². The molecule has 2 unspecified atom stereocenters. The van der Waals surface area contributed by atoms with Crippen LogP contribution in [0.2, 0.25) is 0 Å². The molecule has 22 heavy (non-hydrogen) atoms. The lowest BCUT2D eigenvalue weighted by atomic mass is 9.80. The van der Waals surface area contributed by atoms with Gasteiger partial charge in [0.15, 0.2) is 0 Å². The fourth-order valence-corrected chi connectivity index (χ4v) is 2.88. The molecular formula is C18H26N2O2. The highest BCUT2D eigenvalue weighted by Crippen LogP contribution is 2.51. The number of benzene rings is 1. The molecule has 1 aliphatic carbocycles. The van der Waals surface area contributed by atoms with Crippen LogP contribution in [0.4, 0.5) is 5.69 Å². The van der Waals surface area contributed by atoms with Crippen LogP contribution in [0.25, 0.3) is 0 Å². The molecule has 0 amide bonds. The van der Waals surface area contributed by atoms with E-state index in [1.807, 2.05) is 24.3 Å². The standard InChI is InChI=1S/C18H26N2O2/c1-12-11-18(12,4)17(2,3)20-15(16(21)22-5)10-13-6-8-14(19)9-7-13/h6-9,11,15,20H,10,19H2,1-5H3. The van der Waals surface area contributed by atoms with Crippen LogP contribution in [0.3, 0.4) is 0 Å². The Morgan fingerprint density at radius 3 is 2.36 bits per heavy atom. The molecule has 4 nitrogen and oxygen atoms in total. The molecule has 0 bridgehead atoms. The van der Waals surface area contributed by atoms with E-state index in [1.54, 1.807) is 0 Å². The summed E-state index contributed by atoms with van der Waals surface area (Å²) in [4.78, 5) is 12.2. The first-order valence-corrected chi connectivity index (χ1v) is 7.59. The van der Waals surface area contributed by atoms with Gasteiger partial charge >= 0.3 is 5.97 Å². The second-order valence-electron chi connectivity index (χ2n) is 6.82.